The third kappa shape index (κ3) is 7.39. The molecular weight excluding hydrogens is 206 g/mol. The van der Waals surface area contributed by atoms with E-state index in [1.807, 2.05) is 0 Å². The van der Waals surface area contributed by atoms with Gasteiger partial charge in [-0.15, -0.1) is 0 Å². The maximum Gasteiger partial charge on any atom is 0.522 e. The maximum atomic E-state index is 10.7. The van der Waals surface area contributed by atoms with Gasteiger partial charge in [-0.2, -0.15) is 21.6 Å². The second-order valence-electron chi connectivity index (χ2n) is 0.921. The zero-order valence-electron chi connectivity index (χ0n) is 4.53. The van der Waals surface area contributed by atoms with Crippen LogP contribution in [0.25, 0.3) is 0 Å². The van der Waals surface area contributed by atoms with Crippen LogP contribution >= 0.6 is 0 Å². The highest BCUT2D eigenvalue weighted by Crippen LogP contribution is 2.20. The molecule has 0 spiro atoms. The molecule has 3 nitrogen and oxygen atoms in total. The van der Waals surface area contributed by atoms with Crippen LogP contribution in [0.15, 0.2) is 0 Å². The molecule has 11 heavy (non-hydrogen) atoms. The number of hydrogen-bond donors (Lipinski definition) is 1. The molecule has 0 amide bonds. The molecule has 1 N–H and O–H groups in total. The van der Waals surface area contributed by atoms with Gasteiger partial charge in [-0.3, -0.25) is 18.7 Å². The van der Waals surface area contributed by atoms with E-state index in [1.54, 1.807) is 0 Å². The molecule has 10 heteroatoms. The number of rotatable bonds is 0. The predicted molar refractivity (Wildman–Crippen MR) is 25.1 cm³/mol. The molecule has 0 radical (unpaired) electrons. The third-order valence-corrected chi connectivity index (χ3v) is 0.877. The van der Waals surface area contributed by atoms with Crippen molar-refractivity contribution in [1.82, 2.24) is 0 Å². The summed E-state index contributed by atoms with van der Waals surface area (Å²) in [5.41, 5.74) is -5.53. The van der Waals surface area contributed by atoms with E-state index in [-0.39, 0.29) is 14.1 Å². The fraction of sp³-hybridized carbons (Fsp3) is 1.00. The largest absolute Gasteiger partial charge is 0.522 e. The zero-order valence-corrected chi connectivity index (χ0v) is 5.35. The van der Waals surface area contributed by atoms with Gasteiger partial charge in [0.2, 0.25) is 0 Å². The van der Waals surface area contributed by atoms with Gasteiger partial charge >= 0.3 is 15.6 Å². The van der Waals surface area contributed by atoms with Crippen LogP contribution in [0.2, 0.25) is 0 Å². The minimum Gasteiger partial charge on any atom is -0.279 e. The highest BCUT2D eigenvalue weighted by molar-refractivity contribution is 7.86. The Hall–Kier alpha value is -0.510. The van der Waals surface area contributed by atoms with Crippen LogP contribution in [0, 0.1) is 0 Å². The lowest BCUT2D eigenvalue weighted by atomic mass is 11.6. The number of hydrogen-bond acceptors (Lipinski definition) is 2. The van der Waals surface area contributed by atoms with Crippen molar-refractivity contribution >= 4 is 10.1 Å². The molecule has 0 aromatic rings. The van der Waals surface area contributed by atoms with Crippen LogP contribution in [0.5, 0.6) is 0 Å². The first kappa shape index (κ1) is 22.4. The van der Waals surface area contributed by atoms with E-state index in [9.17, 15) is 13.2 Å². The molecule has 0 aromatic heterocycles. The van der Waals surface area contributed by atoms with Gasteiger partial charge in [0, 0.05) is 0 Å². The molecule has 0 unspecified atom stereocenters. The fourth-order valence-electron chi connectivity index (χ4n) is 0. The summed E-state index contributed by atoms with van der Waals surface area (Å²) in [4.78, 5) is 0. The zero-order chi connectivity index (χ0) is 7.00. The Morgan fingerprint density at radius 2 is 1.09 bits per heavy atom. The van der Waals surface area contributed by atoms with Crippen LogP contribution in [0.1, 0.15) is 0 Å². The smallest absolute Gasteiger partial charge is 0.279 e. The summed E-state index contributed by atoms with van der Waals surface area (Å²) in [5.74, 6) is 0. The van der Waals surface area contributed by atoms with Crippen molar-refractivity contribution in [2.45, 2.75) is 5.51 Å². The van der Waals surface area contributed by atoms with E-state index < -0.39 is 15.6 Å². The van der Waals surface area contributed by atoms with Gasteiger partial charge in [-0.1, -0.05) is 0 Å². The summed E-state index contributed by atoms with van der Waals surface area (Å²) < 4.78 is 57.5. The molecule has 74 valence electrons. The van der Waals surface area contributed by atoms with Crippen molar-refractivity contribution in [1.29, 1.82) is 0 Å². The summed E-state index contributed by atoms with van der Waals surface area (Å²) in [5, 5.41) is 0. The lowest BCUT2D eigenvalue weighted by molar-refractivity contribution is -0.0510. The molecule has 0 saturated carbocycles. The highest BCUT2D eigenvalue weighted by atomic mass is 32.2. The SMILES string of the molecule is F.F.F.O=S(=O)(O)C(F)(F)F. The molecule has 0 bridgehead atoms. The molecular formula is CH4F6O3S. The third-order valence-electron chi connectivity index (χ3n) is 0.292. The summed E-state index contributed by atoms with van der Waals surface area (Å²) in [6.07, 6.45) is 0. The molecule has 0 aromatic carbocycles. The highest BCUT2D eigenvalue weighted by Gasteiger charge is 2.44. The van der Waals surface area contributed by atoms with E-state index >= 15 is 0 Å². The first-order valence-electron chi connectivity index (χ1n) is 1.29. The number of alkyl halides is 3. The number of halogens is 6. The van der Waals surface area contributed by atoms with Crippen molar-refractivity contribution in [3.05, 3.63) is 0 Å². The van der Waals surface area contributed by atoms with E-state index in [2.05, 4.69) is 0 Å². The van der Waals surface area contributed by atoms with Gasteiger partial charge in [0.1, 0.15) is 0 Å². The Balaban J connectivity index is -0.0000000817. The lowest BCUT2D eigenvalue weighted by Gasteiger charge is -1.97. The van der Waals surface area contributed by atoms with Gasteiger partial charge in [-0.25, -0.2) is 0 Å². The quantitative estimate of drug-likeness (QED) is 0.366. The summed E-state index contributed by atoms with van der Waals surface area (Å²) in [6, 6.07) is 0. The molecule has 0 heterocycles. The minimum absolute atomic E-state index is 0. The minimum atomic E-state index is -5.84. The standard InChI is InChI=1S/CHF3O3S.3FH/c2-1(3,4)8(5,6)7;;;/h(H,5,6,7);3*1H. The van der Waals surface area contributed by atoms with Crippen molar-refractivity contribution in [3.63, 3.8) is 0 Å². The first-order valence-corrected chi connectivity index (χ1v) is 2.73. The Morgan fingerprint density at radius 3 is 1.09 bits per heavy atom. The summed E-state index contributed by atoms with van der Waals surface area (Å²) in [7, 11) is -5.84. The maximum absolute atomic E-state index is 10.7. The van der Waals surface area contributed by atoms with Crippen LogP contribution in [-0.4, -0.2) is 18.5 Å². The van der Waals surface area contributed by atoms with E-state index in [0.717, 1.165) is 0 Å². The van der Waals surface area contributed by atoms with Gasteiger partial charge < -0.3 is 0 Å². The Labute approximate surface area is 57.1 Å². The predicted octanol–water partition coefficient (Wildman–Crippen LogP) is 0.852. The summed E-state index contributed by atoms with van der Waals surface area (Å²) >= 11 is 0. The Kier molecular flexibility index (Phi) is 10.6. The average molecular weight is 210 g/mol. The Bertz CT molecular complexity index is 167. The monoisotopic (exact) mass is 210 g/mol. The molecule has 0 fully saturated rings. The molecule has 0 aliphatic rings. The van der Waals surface area contributed by atoms with Crippen LogP contribution < -0.4 is 0 Å². The van der Waals surface area contributed by atoms with Crippen molar-refractivity contribution in [2.75, 3.05) is 0 Å². The van der Waals surface area contributed by atoms with Gasteiger partial charge in [0.05, 0.1) is 0 Å². The van der Waals surface area contributed by atoms with E-state index in [0.29, 0.717) is 0 Å². The summed E-state index contributed by atoms with van der Waals surface area (Å²) in [6.45, 7) is 0. The first-order chi connectivity index (χ1) is 3.25. The van der Waals surface area contributed by atoms with Crippen LogP contribution in [-0.2, 0) is 10.1 Å². The van der Waals surface area contributed by atoms with Crippen molar-refractivity contribution < 1.29 is 40.3 Å². The molecule has 0 atom stereocenters. The van der Waals surface area contributed by atoms with E-state index in [1.165, 1.54) is 0 Å². The molecule has 0 saturated heterocycles. The van der Waals surface area contributed by atoms with Crippen molar-refractivity contribution in [3.8, 4) is 0 Å². The average Bonchev–Trinajstić information content (AvgIpc) is 1.25. The molecule has 0 aliphatic heterocycles. The molecule has 0 rings (SSSR count). The van der Waals surface area contributed by atoms with Crippen LogP contribution in [0.4, 0.5) is 27.3 Å². The van der Waals surface area contributed by atoms with Crippen LogP contribution in [0.3, 0.4) is 0 Å². The fourth-order valence-corrected chi connectivity index (χ4v) is 0. The van der Waals surface area contributed by atoms with Gasteiger partial charge in [0.15, 0.2) is 0 Å². The topological polar surface area (TPSA) is 54.4 Å². The molecule has 0 aliphatic carbocycles. The Morgan fingerprint density at radius 1 is 1.00 bits per heavy atom. The van der Waals surface area contributed by atoms with Gasteiger partial charge in [-0.05, 0) is 0 Å². The normalized spacial score (nSPS) is 10.2. The van der Waals surface area contributed by atoms with Crippen molar-refractivity contribution in [2.24, 2.45) is 0 Å². The second-order valence-corrected chi connectivity index (χ2v) is 2.33. The second kappa shape index (κ2) is 5.18. The lowest BCUT2D eigenvalue weighted by Crippen LogP contribution is -2.21. The van der Waals surface area contributed by atoms with E-state index in [4.69, 9.17) is 13.0 Å². The van der Waals surface area contributed by atoms with Gasteiger partial charge in [0.25, 0.3) is 0 Å².